The number of carbonyl (C=O) groups is 1. The summed E-state index contributed by atoms with van der Waals surface area (Å²) in [5, 5.41) is 0. The molecule has 0 aliphatic heterocycles. The Morgan fingerprint density at radius 2 is 1.72 bits per heavy atom. The highest BCUT2D eigenvalue weighted by atomic mass is 19.4. The molecule has 0 N–H and O–H groups in total. The van der Waals surface area contributed by atoms with Gasteiger partial charge in [0.25, 0.3) is 0 Å². The van der Waals surface area contributed by atoms with Gasteiger partial charge in [-0.25, -0.2) is 0 Å². The summed E-state index contributed by atoms with van der Waals surface area (Å²) in [5.41, 5.74) is 0.226. The third kappa shape index (κ3) is 5.90. The van der Waals surface area contributed by atoms with Crippen LogP contribution in [0.3, 0.4) is 0 Å². The van der Waals surface area contributed by atoms with E-state index in [0.717, 1.165) is 24.0 Å². The van der Waals surface area contributed by atoms with Gasteiger partial charge in [-0.2, -0.15) is 13.2 Å². The molecule has 1 unspecified atom stereocenters. The number of halogens is 3. The molecule has 0 spiro atoms. The number of hydrogen-bond donors (Lipinski definition) is 0. The zero-order valence-electron chi connectivity index (χ0n) is 13.9. The SMILES string of the molecule is CN(CC=O)CCC(Oc1ccc(C(F)(F)F)cc1)c1ccccc1. The van der Waals surface area contributed by atoms with Crippen LogP contribution < -0.4 is 4.74 Å². The molecule has 0 aromatic heterocycles. The molecule has 0 saturated heterocycles. The smallest absolute Gasteiger partial charge is 0.416 e. The van der Waals surface area contributed by atoms with Gasteiger partial charge in [-0.05, 0) is 36.9 Å². The molecule has 0 aliphatic rings. The van der Waals surface area contributed by atoms with Gasteiger partial charge in [-0.1, -0.05) is 30.3 Å². The second-order valence-electron chi connectivity index (χ2n) is 5.76. The fourth-order valence-corrected chi connectivity index (χ4v) is 2.40. The number of hydrogen-bond acceptors (Lipinski definition) is 3. The molecule has 1 atom stereocenters. The maximum Gasteiger partial charge on any atom is 0.416 e. The van der Waals surface area contributed by atoms with Crippen molar-refractivity contribution >= 4 is 6.29 Å². The van der Waals surface area contributed by atoms with Crippen molar-refractivity contribution in [2.24, 2.45) is 0 Å². The largest absolute Gasteiger partial charge is 0.486 e. The number of likely N-dealkylation sites (N-methyl/N-ethyl adjacent to an activating group) is 1. The lowest BCUT2D eigenvalue weighted by Crippen LogP contribution is -2.24. The maximum atomic E-state index is 12.7. The number of ether oxygens (including phenoxy) is 1. The Morgan fingerprint density at radius 1 is 1.08 bits per heavy atom. The lowest BCUT2D eigenvalue weighted by atomic mass is 10.1. The normalized spacial score (nSPS) is 12.8. The van der Waals surface area contributed by atoms with E-state index in [1.807, 2.05) is 42.3 Å². The second kappa shape index (κ2) is 8.67. The van der Waals surface area contributed by atoms with Crippen LogP contribution >= 0.6 is 0 Å². The number of nitrogens with zero attached hydrogens (tertiary/aromatic N) is 1. The molecular formula is C19H20F3NO2. The zero-order valence-corrected chi connectivity index (χ0v) is 13.9. The quantitative estimate of drug-likeness (QED) is 0.663. The standard InChI is InChI=1S/C19H20F3NO2/c1-23(13-14-24)12-11-18(15-5-3-2-4-6-15)25-17-9-7-16(8-10-17)19(20,21)22/h2-10,14,18H,11-13H2,1H3. The van der Waals surface area contributed by atoms with Crippen LogP contribution in [0.4, 0.5) is 13.2 Å². The van der Waals surface area contributed by atoms with Crippen molar-refractivity contribution in [3.8, 4) is 5.75 Å². The third-order valence-electron chi connectivity index (χ3n) is 3.79. The third-order valence-corrected chi connectivity index (χ3v) is 3.79. The van der Waals surface area contributed by atoms with Crippen LogP contribution in [0.5, 0.6) is 5.75 Å². The molecule has 134 valence electrons. The number of benzene rings is 2. The molecule has 3 nitrogen and oxygen atoms in total. The van der Waals surface area contributed by atoms with Crippen LogP contribution in [0, 0.1) is 0 Å². The summed E-state index contributed by atoms with van der Waals surface area (Å²) >= 11 is 0. The lowest BCUT2D eigenvalue weighted by molar-refractivity contribution is -0.137. The molecule has 0 aliphatic carbocycles. The lowest BCUT2D eigenvalue weighted by Gasteiger charge is -2.22. The minimum Gasteiger partial charge on any atom is -0.486 e. The highest BCUT2D eigenvalue weighted by Gasteiger charge is 2.30. The molecule has 0 fully saturated rings. The highest BCUT2D eigenvalue weighted by molar-refractivity contribution is 5.51. The zero-order chi connectivity index (χ0) is 18.3. The summed E-state index contributed by atoms with van der Waals surface area (Å²) in [5.74, 6) is 0.375. The van der Waals surface area contributed by atoms with E-state index in [2.05, 4.69) is 0 Å². The summed E-state index contributed by atoms with van der Waals surface area (Å²) in [7, 11) is 1.83. The van der Waals surface area contributed by atoms with Crippen molar-refractivity contribution in [3.05, 3.63) is 65.7 Å². The van der Waals surface area contributed by atoms with Gasteiger partial charge < -0.3 is 9.53 Å². The van der Waals surface area contributed by atoms with E-state index >= 15 is 0 Å². The molecule has 2 aromatic rings. The molecule has 6 heteroatoms. The minimum absolute atomic E-state index is 0.313. The average Bonchev–Trinajstić information content (AvgIpc) is 2.59. The van der Waals surface area contributed by atoms with Crippen molar-refractivity contribution < 1.29 is 22.7 Å². The Hall–Kier alpha value is -2.34. The van der Waals surface area contributed by atoms with Gasteiger partial charge in [-0.3, -0.25) is 4.90 Å². The number of rotatable bonds is 8. The Bertz CT molecular complexity index is 657. The van der Waals surface area contributed by atoms with Crippen molar-refractivity contribution in [1.29, 1.82) is 0 Å². The number of aldehydes is 1. The van der Waals surface area contributed by atoms with Crippen LogP contribution in [0.1, 0.15) is 23.7 Å². The highest BCUT2D eigenvalue weighted by Crippen LogP contribution is 2.31. The van der Waals surface area contributed by atoms with Gasteiger partial charge in [0.05, 0.1) is 12.1 Å². The fourth-order valence-electron chi connectivity index (χ4n) is 2.40. The first-order valence-electron chi connectivity index (χ1n) is 7.91. The second-order valence-corrected chi connectivity index (χ2v) is 5.76. The first kappa shape index (κ1) is 19.0. The molecular weight excluding hydrogens is 331 g/mol. The Balaban J connectivity index is 2.11. The first-order chi connectivity index (χ1) is 11.9. The topological polar surface area (TPSA) is 29.5 Å². The van der Waals surface area contributed by atoms with Crippen LogP contribution in [0.25, 0.3) is 0 Å². The van der Waals surface area contributed by atoms with E-state index in [1.165, 1.54) is 12.1 Å². The van der Waals surface area contributed by atoms with Crippen LogP contribution in [-0.2, 0) is 11.0 Å². The van der Waals surface area contributed by atoms with Gasteiger partial charge >= 0.3 is 6.18 Å². The van der Waals surface area contributed by atoms with Crippen LogP contribution in [-0.4, -0.2) is 31.3 Å². The van der Waals surface area contributed by atoms with Gasteiger partial charge in [0.15, 0.2) is 0 Å². The van der Waals surface area contributed by atoms with E-state index in [1.54, 1.807) is 0 Å². The van der Waals surface area contributed by atoms with E-state index < -0.39 is 11.7 Å². The molecule has 0 saturated carbocycles. The monoisotopic (exact) mass is 351 g/mol. The van der Waals surface area contributed by atoms with Gasteiger partial charge in [0, 0.05) is 13.0 Å². The molecule has 2 aromatic carbocycles. The molecule has 2 rings (SSSR count). The molecule has 0 bridgehead atoms. The summed E-state index contributed by atoms with van der Waals surface area (Å²) in [6.45, 7) is 0.945. The Kier molecular flexibility index (Phi) is 6.58. The van der Waals surface area contributed by atoms with Gasteiger partial charge in [0.2, 0.25) is 0 Å². The summed E-state index contributed by atoms with van der Waals surface area (Å²) in [4.78, 5) is 12.4. The van der Waals surface area contributed by atoms with Gasteiger partial charge in [-0.15, -0.1) is 0 Å². The summed E-state index contributed by atoms with van der Waals surface area (Å²) in [6.07, 6.45) is -3.24. The average molecular weight is 351 g/mol. The predicted molar refractivity (Wildman–Crippen MR) is 89.4 cm³/mol. The molecule has 0 heterocycles. The van der Waals surface area contributed by atoms with Crippen molar-refractivity contribution in [2.75, 3.05) is 20.1 Å². The fraction of sp³-hybridized carbons (Fsp3) is 0.316. The number of alkyl halides is 3. The van der Waals surface area contributed by atoms with E-state index in [-0.39, 0.29) is 6.10 Å². The van der Waals surface area contributed by atoms with Crippen molar-refractivity contribution in [3.63, 3.8) is 0 Å². The van der Waals surface area contributed by atoms with E-state index in [9.17, 15) is 18.0 Å². The van der Waals surface area contributed by atoms with Crippen LogP contribution in [0.2, 0.25) is 0 Å². The molecule has 0 amide bonds. The number of carbonyl (C=O) groups excluding carboxylic acids is 1. The van der Waals surface area contributed by atoms with Crippen LogP contribution in [0.15, 0.2) is 54.6 Å². The van der Waals surface area contributed by atoms with Crippen molar-refractivity contribution in [1.82, 2.24) is 4.90 Å². The Morgan fingerprint density at radius 3 is 2.28 bits per heavy atom. The predicted octanol–water partition coefficient (Wildman–Crippen LogP) is 4.35. The van der Waals surface area contributed by atoms with Gasteiger partial charge in [0.1, 0.15) is 18.1 Å². The minimum atomic E-state index is -4.37. The maximum absolute atomic E-state index is 12.7. The van der Waals surface area contributed by atoms with Crippen molar-refractivity contribution in [2.45, 2.75) is 18.7 Å². The van der Waals surface area contributed by atoms with E-state index in [0.29, 0.717) is 25.3 Å². The first-order valence-corrected chi connectivity index (χ1v) is 7.91. The van der Waals surface area contributed by atoms with E-state index in [4.69, 9.17) is 4.74 Å². The molecule has 25 heavy (non-hydrogen) atoms. The Labute approximate surface area is 145 Å². The summed E-state index contributed by atoms with van der Waals surface area (Å²) in [6, 6.07) is 14.1. The molecule has 0 radical (unpaired) electrons. The summed E-state index contributed by atoms with van der Waals surface area (Å²) < 4.78 is 43.9.